The molecule has 3 rings (SSSR count). The monoisotopic (exact) mass is 390 g/mol. The molecule has 3 aromatic rings. The Morgan fingerprint density at radius 1 is 1.07 bits per heavy atom. The van der Waals surface area contributed by atoms with E-state index >= 15 is 0 Å². The number of rotatable bonds is 6. The van der Waals surface area contributed by atoms with Crippen LogP contribution in [0.1, 0.15) is 50.3 Å². The lowest BCUT2D eigenvalue weighted by Gasteiger charge is -2.18. The fourth-order valence-corrected chi connectivity index (χ4v) is 3.67. The SMILES string of the molecule is CC\C=C/C(=C(\C)Cl)C(/CC)=C(\c1ccc(C)cc1)c1ccc2[nH]ncc2c1. The highest BCUT2D eigenvalue weighted by Gasteiger charge is 2.15. The maximum atomic E-state index is 6.55. The summed E-state index contributed by atoms with van der Waals surface area (Å²) in [5.41, 5.74) is 8.25. The van der Waals surface area contributed by atoms with Crippen LogP contribution in [0.15, 0.2) is 77.0 Å². The van der Waals surface area contributed by atoms with Gasteiger partial charge in [0.1, 0.15) is 0 Å². The molecule has 1 N–H and O–H groups in total. The minimum atomic E-state index is 0.815. The van der Waals surface area contributed by atoms with E-state index in [-0.39, 0.29) is 0 Å². The van der Waals surface area contributed by atoms with E-state index in [1.54, 1.807) is 0 Å². The molecule has 0 aliphatic carbocycles. The average molecular weight is 391 g/mol. The van der Waals surface area contributed by atoms with Gasteiger partial charge in [0.15, 0.2) is 0 Å². The van der Waals surface area contributed by atoms with Crippen molar-refractivity contribution in [3.63, 3.8) is 0 Å². The minimum absolute atomic E-state index is 0.815. The summed E-state index contributed by atoms with van der Waals surface area (Å²) >= 11 is 6.55. The molecule has 0 spiro atoms. The van der Waals surface area contributed by atoms with E-state index < -0.39 is 0 Å². The molecule has 0 aliphatic rings. The summed E-state index contributed by atoms with van der Waals surface area (Å²) in [6.45, 7) is 8.42. The number of aromatic nitrogens is 2. The summed E-state index contributed by atoms with van der Waals surface area (Å²) in [4.78, 5) is 0. The number of nitrogens with zero attached hydrogens (tertiary/aromatic N) is 1. The van der Waals surface area contributed by atoms with Crippen LogP contribution in [0.4, 0.5) is 0 Å². The van der Waals surface area contributed by atoms with Gasteiger partial charge < -0.3 is 0 Å². The topological polar surface area (TPSA) is 28.7 Å². The summed E-state index contributed by atoms with van der Waals surface area (Å²) in [5.74, 6) is 0. The van der Waals surface area contributed by atoms with Gasteiger partial charge in [-0.2, -0.15) is 5.10 Å². The first-order valence-electron chi connectivity index (χ1n) is 9.82. The molecule has 0 fully saturated rings. The quantitative estimate of drug-likeness (QED) is 0.432. The largest absolute Gasteiger partial charge is 0.278 e. The Morgan fingerprint density at radius 3 is 2.43 bits per heavy atom. The van der Waals surface area contributed by atoms with Gasteiger partial charge in [-0.3, -0.25) is 5.10 Å². The number of halogens is 1. The van der Waals surface area contributed by atoms with Gasteiger partial charge in [-0.05, 0) is 66.7 Å². The molecule has 0 saturated carbocycles. The number of H-pyrrole nitrogens is 1. The van der Waals surface area contributed by atoms with Crippen LogP contribution in [0.5, 0.6) is 0 Å². The second-order valence-corrected chi connectivity index (χ2v) is 7.57. The number of aryl methyl sites for hydroxylation is 1. The zero-order chi connectivity index (χ0) is 20.1. The van der Waals surface area contributed by atoms with Gasteiger partial charge in [-0.1, -0.05) is 73.5 Å². The highest BCUT2D eigenvalue weighted by molar-refractivity contribution is 6.30. The van der Waals surface area contributed by atoms with Crippen LogP contribution < -0.4 is 0 Å². The van der Waals surface area contributed by atoms with Crippen LogP contribution >= 0.6 is 11.6 Å². The Bertz CT molecular complexity index is 1050. The zero-order valence-electron chi connectivity index (χ0n) is 17.0. The standard InChI is InChI=1S/C25H27ClN2/c1-5-7-8-23(18(4)26)22(6-2)25(19-11-9-17(3)10-12-19)20-13-14-24-21(15-20)16-27-28-24/h7-16H,5-6H2,1-4H3,(H,27,28)/b8-7-,23-18-,25-22+. The van der Waals surface area contributed by atoms with E-state index in [1.807, 2.05) is 13.1 Å². The number of nitrogens with one attached hydrogen (secondary N) is 1. The fraction of sp³-hybridized carbons (Fsp3) is 0.240. The molecule has 0 radical (unpaired) electrons. The predicted molar refractivity (Wildman–Crippen MR) is 122 cm³/mol. The Labute approximate surface area is 172 Å². The Balaban J connectivity index is 2.32. The first kappa shape index (κ1) is 20.2. The normalized spacial score (nSPS) is 13.8. The van der Waals surface area contributed by atoms with Crippen LogP contribution in [-0.2, 0) is 0 Å². The van der Waals surface area contributed by atoms with E-state index in [4.69, 9.17) is 11.6 Å². The molecule has 3 heteroatoms. The van der Waals surface area contributed by atoms with E-state index in [0.29, 0.717) is 0 Å². The molecule has 0 amide bonds. The van der Waals surface area contributed by atoms with Crippen molar-refractivity contribution in [3.8, 4) is 0 Å². The Morgan fingerprint density at radius 2 is 1.79 bits per heavy atom. The Kier molecular flexibility index (Phi) is 6.53. The smallest absolute Gasteiger partial charge is 0.0650 e. The summed E-state index contributed by atoms with van der Waals surface area (Å²) in [6.07, 6.45) is 8.07. The number of allylic oxidation sites excluding steroid dienone is 5. The zero-order valence-corrected chi connectivity index (χ0v) is 17.8. The van der Waals surface area contributed by atoms with Gasteiger partial charge in [-0.25, -0.2) is 0 Å². The molecule has 0 unspecified atom stereocenters. The molecule has 2 aromatic carbocycles. The number of hydrogen-bond acceptors (Lipinski definition) is 1. The van der Waals surface area contributed by atoms with Gasteiger partial charge in [0.05, 0.1) is 11.7 Å². The maximum absolute atomic E-state index is 6.55. The summed E-state index contributed by atoms with van der Waals surface area (Å²) in [7, 11) is 0. The molecule has 0 atom stereocenters. The average Bonchev–Trinajstić information content (AvgIpc) is 3.16. The van der Waals surface area contributed by atoms with E-state index in [2.05, 4.69) is 85.6 Å². The first-order valence-corrected chi connectivity index (χ1v) is 10.2. The van der Waals surface area contributed by atoms with Gasteiger partial charge in [-0.15, -0.1) is 0 Å². The first-order chi connectivity index (χ1) is 13.5. The fourth-order valence-electron chi connectivity index (χ4n) is 3.49. The summed E-state index contributed by atoms with van der Waals surface area (Å²) < 4.78 is 0. The lowest BCUT2D eigenvalue weighted by molar-refractivity contribution is 1.11. The van der Waals surface area contributed by atoms with Crippen molar-refractivity contribution in [2.75, 3.05) is 0 Å². The summed E-state index contributed by atoms with van der Waals surface area (Å²) in [5, 5.41) is 9.13. The molecule has 144 valence electrons. The molecule has 0 saturated heterocycles. The maximum Gasteiger partial charge on any atom is 0.0650 e. The third-order valence-electron chi connectivity index (χ3n) is 4.94. The van der Waals surface area contributed by atoms with Gasteiger partial charge in [0, 0.05) is 10.4 Å². The Hall–Kier alpha value is -2.58. The van der Waals surface area contributed by atoms with Crippen LogP contribution in [0.2, 0.25) is 0 Å². The second kappa shape index (κ2) is 9.07. The highest BCUT2D eigenvalue weighted by Crippen LogP contribution is 2.36. The lowest BCUT2D eigenvalue weighted by atomic mass is 9.87. The van der Waals surface area contributed by atoms with Gasteiger partial charge in [0.25, 0.3) is 0 Å². The number of benzene rings is 2. The third kappa shape index (κ3) is 4.28. The number of fused-ring (bicyclic) bond motifs is 1. The van der Waals surface area contributed by atoms with Crippen LogP contribution in [0.25, 0.3) is 16.5 Å². The lowest BCUT2D eigenvalue weighted by Crippen LogP contribution is -1.98. The number of hydrogen-bond donors (Lipinski definition) is 1. The predicted octanol–water partition coefficient (Wildman–Crippen LogP) is 7.56. The minimum Gasteiger partial charge on any atom is -0.278 e. The second-order valence-electron chi connectivity index (χ2n) is 7.00. The molecule has 2 nitrogen and oxygen atoms in total. The number of aromatic amines is 1. The third-order valence-corrected chi connectivity index (χ3v) is 5.14. The van der Waals surface area contributed by atoms with Gasteiger partial charge in [0.2, 0.25) is 0 Å². The summed E-state index contributed by atoms with van der Waals surface area (Å²) in [6, 6.07) is 15.2. The van der Waals surface area contributed by atoms with Crippen molar-refractivity contribution in [1.82, 2.24) is 10.2 Å². The molecular formula is C25H27ClN2. The van der Waals surface area contributed by atoms with Crippen molar-refractivity contribution in [2.45, 2.75) is 40.5 Å². The molecule has 1 heterocycles. The molecule has 1 aromatic heterocycles. The van der Waals surface area contributed by atoms with Crippen molar-refractivity contribution >= 4 is 28.1 Å². The van der Waals surface area contributed by atoms with Crippen molar-refractivity contribution in [3.05, 3.63) is 93.7 Å². The van der Waals surface area contributed by atoms with Crippen LogP contribution in [-0.4, -0.2) is 10.2 Å². The van der Waals surface area contributed by atoms with E-state index in [1.165, 1.54) is 27.8 Å². The molecule has 0 bridgehead atoms. The molecular weight excluding hydrogens is 364 g/mol. The highest BCUT2D eigenvalue weighted by atomic mass is 35.5. The van der Waals surface area contributed by atoms with Gasteiger partial charge >= 0.3 is 0 Å². The van der Waals surface area contributed by atoms with E-state index in [9.17, 15) is 0 Å². The van der Waals surface area contributed by atoms with Crippen LogP contribution in [0, 0.1) is 6.92 Å². The molecule has 28 heavy (non-hydrogen) atoms. The van der Waals surface area contributed by atoms with Crippen molar-refractivity contribution in [1.29, 1.82) is 0 Å². The van der Waals surface area contributed by atoms with Crippen molar-refractivity contribution in [2.24, 2.45) is 0 Å². The van der Waals surface area contributed by atoms with E-state index in [0.717, 1.165) is 34.3 Å². The molecule has 0 aliphatic heterocycles. The van der Waals surface area contributed by atoms with Crippen molar-refractivity contribution < 1.29 is 0 Å². The van der Waals surface area contributed by atoms with Crippen LogP contribution in [0.3, 0.4) is 0 Å².